The Kier molecular flexibility index (Phi) is 6.01. The SMILES string of the molecule is O=C(NS(=O)(=O)c1cc(Cl)c(Cl)s1)c1cc2cc(Oc3ccc(Br)c(F)c3)ccc2[nH]1. The molecule has 0 aliphatic carbocycles. The lowest BCUT2D eigenvalue weighted by Crippen LogP contribution is -2.30. The van der Waals surface area contributed by atoms with Crippen molar-refractivity contribution in [2.75, 3.05) is 0 Å². The summed E-state index contributed by atoms with van der Waals surface area (Å²) in [5, 5.41) is 0.683. The summed E-state index contributed by atoms with van der Waals surface area (Å²) in [6.45, 7) is 0. The second-order valence-electron chi connectivity index (χ2n) is 6.23. The molecule has 31 heavy (non-hydrogen) atoms. The van der Waals surface area contributed by atoms with Crippen molar-refractivity contribution >= 4 is 77.3 Å². The number of thiophene rings is 1. The Morgan fingerprint density at radius 2 is 1.81 bits per heavy atom. The molecule has 0 unspecified atom stereocenters. The summed E-state index contributed by atoms with van der Waals surface area (Å²) < 4.78 is 46.3. The summed E-state index contributed by atoms with van der Waals surface area (Å²) in [7, 11) is -4.14. The fourth-order valence-electron chi connectivity index (χ4n) is 2.66. The lowest BCUT2D eigenvalue weighted by Gasteiger charge is -2.06. The number of carbonyl (C=O) groups excluding carboxylic acids is 1. The van der Waals surface area contributed by atoms with E-state index in [4.69, 9.17) is 27.9 Å². The van der Waals surface area contributed by atoms with E-state index < -0.39 is 21.7 Å². The van der Waals surface area contributed by atoms with Gasteiger partial charge in [0.15, 0.2) is 0 Å². The average molecular weight is 564 g/mol. The summed E-state index contributed by atoms with van der Waals surface area (Å²) in [6, 6.07) is 11.9. The lowest BCUT2D eigenvalue weighted by atomic mass is 10.2. The molecule has 0 aliphatic heterocycles. The van der Waals surface area contributed by atoms with Gasteiger partial charge in [0, 0.05) is 17.0 Å². The maximum Gasteiger partial charge on any atom is 0.281 e. The van der Waals surface area contributed by atoms with E-state index in [1.807, 2.05) is 4.72 Å². The van der Waals surface area contributed by atoms with Crippen LogP contribution in [-0.2, 0) is 10.0 Å². The van der Waals surface area contributed by atoms with E-state index in [1.54, 1.807) is 24.3 Å². The Labute approximate surface area is 198 Å². The van der Waals surface area contributed by atoms with Gasteiger partial charge in [-0.25, -0.2) is 17.5 Å². The van der Waals surface area contributed by atoms with Gasteiger partial charge >= 0.3 is 0 Å². The molecule has 2 aromatic heterocycles. The zero-order valence-corrected chi connectivity index (χ0v) is 19.8. The Morgan fingerprint density at radius 1 is 1.10 bits per heavy atom. The second-order valence-corrected chi connectivity index (χ2v) is 11.1. The van der Waals surface area contributed by atoms with Gasteiger partial charge in [-0.3, -0.25) is 4.79 Å². The Hall–Kier alpha value is -2.11. The molecule has 0 fully saturated rings. The summed E-state index contributed by atoms with van der Waals surface area (Å²) >= 11 is 15.4. The zero-order valence-electron chi connectivity index (χ0n) is 15.1. The van der Waals surface area contributed by atoms with E-state index in [-0.39, 0.29) is 19.3 Å². The quantitative estimate of drug-likeness (QED) is 0.296. The molecule has 160 valence electrons. The number of carbonyl (C=O) groups is 1. The van der Waals surface area contributed by atoms with Gasteiger partial charge in [0.2, 0.25) is 0 Å². The van der Waals surface area contributed by atoms with Crippen molar-refractivity contribution in [2.45, 2.75) is 4.21 Å². The highest BCUT2D eigenvalue weighted by atomic mass is 79.9. The first-order chi connectivity index (χ1) is 14.6. The molecule has 0 bridgehead atoms. The van der Waals surface area contributed by atoms with Crippen LogP contribution < -0.4 is 9.46 Å². The van der Waals surface area contributed by atoms with Gasteiger partial charge in [-0.2, -0.15) is 0 Å². The maximum atomic E-state index is 13.7. The number of sulfonamides is 1. The monoisotopic (exact) mass is 562 g/mol. The minimum absolute atomic E-state index is 0.0270. The van der Waals surface area contributed by atoms with Crippen LogP contribution >= 0.6 is 50.5 Å². The van der Waals surface area contributed by atoms with Crippen LogP contribution in [0.4, 0.5) is 4.39 Å². The first-order valence-electron chi connectivity index (χ1n) is 8.40. The van der Waals surface area contributed by atoms with Gasteiger partial charge in [0.1, 0.15) is 31.6 Å². The molecule has 2 heterocycles. The van der Waals surface area contributed by atoms with Crippen molar-refractivity contribution in [3.8, 4) is 11.5 Å². The van der Waals surface area contributed by atoms with Crippen molar-refractivity contribution in [2.24, 2.45) is 0 Å². The third-order valence-electron chi connectivity index (χ3n) is 4.08. The Bertz CT molecular complexity index is 1420. The Morgan fingerprint density at radius 3 is 2.48 bits per heavy atom. The lowest BCUT2D eigenvalue weighted by molar-refractivity contribution is 0.0977. The first kappa shape index (κ1) is 22.1. The summed E-state index contributed by atoms with van der Waals surface area (Å²) in [6.07, 6.45) is 0. The predicted molar refractivity (Wildman–Crippen MR) is 121 cm³/mol. The molecule has 1 amide bonds. The number of benzene rings is 2. The second kappa shape index (κ2) is 8.44. The molecule has 0 spiro atoms. The third kappa shape index (κ3) is 4.73. The molecule has 2 N–H and O–H groups in total. The van der Waals surface area contributed by atoms with Crippen LogP contribution in [0.15, 0.2) is 57.2 Å². The highest BCUT2D eigenvalue weighted by Crippen LogP contribution is 2.34. The number of ether oxygens (including phenoxy) is 1. The van der Waals surface area contributed by atoms with Crippen LogP contribution in [0.2, 0.25) is 9.36 Å². The van der Waals surface area contributed by atoms with Crippen LogP contribution in [0.1, 0.15) is 10.5 Å². The van der Waals surface area contributed by atoms with E-state index in [9.17, 15) is 17.6 Å². The van der Waals surface area contributed by atoms with E-state index >= 15 is 0 Å². The van der Waals surface area contributed by atoms with Gasteiger partial charge < -0.3 is 9.72 Å². The number of halogens is 4. The highest BCUT2D eigenvalue weighted by molar-refractivity contribution is 9.10. The van der Waals surface area contributed by atoms with Crippen LogP contribution in [0.3, 0.4) is 0 Å². The van der Waals surface area contributed by atoms with Crippen LogP contribution in [0, 0.1) is 5.82 Å². The van der Waals surface area contributed by atoms with Gasteiger partial charge in [-0.05, 0) is 58.4 Å². The van der Waals surface area contributed by atoms with Gasteiger partial charge in [-0.15, -0.1) is 11.3 Å². The van der Waals surface area contributed by atoms with Crippen molar-refractivity contribution in [3.05, 3.63) is 73.9 Å². The summed E-state index contributed by atoms with van der Waals surface area (Å²) in [4.78, 5) is 15.3. The standard InChI is InChI=1S/C19H10BrCl2FN2O4S2/c20-12-3-1-11(7-14(12)23)29-10-2-4-15-9(5-10)6-16(24-15)19(26)25-31(27,28)17-8-13(21)18(22)30-17/h1-8,24H,(H,25,26). The van der Waals surface area contributed by atoms with Crippen LogP contribution in [0.5, 0.6) is 11.5 Å². The number of rotatable bonds is 5. The normalized spacial score (nSPS) is 11.6. The number of aromatic nitrogens is 1. The number of hydrogen-bond acceptors (Lipinski definition) is 5. The van der Waals surface area contributed by atoms with Crippen molar-refractivity contribution in [1.82, 2.24) is 9.71 Å². The van der Waals surface area contributed by atoms with Gasteiger partial charge in [0.05, 0.1) is 9.50 Å². The smallest absolute Gasteiger partial charge is 0.281 e. The van der Waals surface area contributed by atoms with Crippen LogP contribution in [-0.4, -0.2) is 19.3 Å². The number of nitrogens with one attached hydrogen (secondary N) is 2. The molecule has 2 aromatic carbocycles. The molecule has 0 saturated carbocycles. The fourth-order valence-corrected chi connectivity index (χ4v) is 5.75. The number of H-pyrrole nitrogens is 1. The molecular formula is C19H10BrCl2FN2O4S2. The van der Waals surface area contributed by atoms with Crippen molar-refractivity contribution < 1.29 is 22.3 Å². The van der Waals surface area contributed by atoms with E-state index in [0.29, 0.717) is 26.9 Å². The third-order valence-corrected chi connectivity index (χ3v) is 8.39. The molecular weight excluding hydrogens is 554 g/mol. The molecule has 12 heteroatoms. The molecule has 0 saturated heterocycles. The first-order valence-corrected chi connectivity index (χ1v) is 12.2. The fraction of sp³-hybridized carbons (Fsp3) is 0. The highest BCUT2D eigenvalue weighted by Gasteiger charge is 2.23. The maximum absolute atomic E-state index is 13.7. The molecule has 0 radical (unpaired) electrons. The summed E-state index contributed by atoms with van der Waals surface area (Å²) in [5.74, 6) is -0.605. The molecule has 6 nitrogen and oxygen atoms in total. The number of fused-ring (bicyclic) bond motifs is 1. The number of hydrogen-bond donors (Lipinski definition) is 2. The molecule has 4 rings (SSSR count). The van der Waals surface area contributed by atoms with Crippen LogP contribution in [0.25, 0.3) is 10.9 Å². The molecule has 0 aliphatic rings. The van der Waals surface area contributed by atoms with E-state index in [2.05, 4.69) is 20.9 Å². The van der Waals surface area contributed by atoms with Crippen molar-refractivity contribution in [1.29, 1.82) is 0 Å². The van der Waals surface area contributed by atoms with Crippen molar-refractivity contribution in [3.63, 3.8) is 0 Å². The van der Waals surface area contributed by atoms with Gasteiger partial charge in [0.25, 0.3) is 15.9 Å². The molecule has 0 atom stereocenters. The largest absolute Gasteiger partial charge is 0.457 e. The topological polar surface area (TPSA) is 88.3 Å². The van der Waals surface area contributed by atoms with E-state index in [0.717, 1.165) is 11.3 Å². The predicted octanol–water partition coefficient (Wildman–Crippen LogP) is 6.35. The number of amides is 1. The zero-order chi connectivity index (χ0) is 22.3. The van der Waals surface area contributed by atoms with E-state index in [1.165, 1.54) is 24.3 Å². The average Bonchev–Trinajstić information content (AvgIpc) is 3.28. The number of aromatic amines is 1. The summed E-state index contributed by atoms with van der Waals surface area (Å²) in [5.41, 5.74) is 0.609. The Balaban J connectivity index is 1.56. The van der Waals surface area contributed by atoms with Gasteiger partial charge in [-0.1, -0.05) is 23.2 Å². The minimum Gasteiger partial charge on any atom is -0.457 e. The molecule has 4 aromatic rings. The minimum atomic E-state index is -4.14.